The van der Waals surface area contributed by atoms with Crippen molar-refractivity contribution in [3.8, 4) is 0 Å². The Hall–Kier alpha value is 0.620. The summed E-state index contributed by atoms with van der Waals surface area (Å²) >= 11 is 0. The fraction of sp³-hybridized carbons (Fsp3) is 1.00. The minimum absolute atomic E-state index is 0.651. The summed E-state index contributed by atoms with van der Waals surface area (Å²) in [7, 11) is 4.00. The normalized spacial score (nSPS) is 23.5. The Morgan fingerprint density at radius 2 is 1.92 bits per heavy atom. The quantitative estimate of drug-likeness (QED) is 0.704. The van der Waals surface area contributed by atoms with Crippen molar-refractivity contribution in [3.63, 3.8) is 0 Å². The molecule has 72 valence electrons. The molecule has 0 aromatic rings. The molecule has 1 heterocycles. The first-order valence-corrected chi connectivity index (χ1v) is 6.98. The maximum atomic E-state index is 5.59. The Bertz CT molecular complexity index is 114. The summed E-state index contributed by atoms with van der Waals surface area (Å²) in [4.78, 5) is 2.53. The van der Waals surface area contributed by atoms with E-state index >= 15 is 0 Å². The van der Waals surface area contributed by atoms with Crippen LogP contribution in [-0.4, -0.2) is 42.6 Å². The Labute approximate surface area is 83.0 Å². The predicted molar refractivity (Wildman–Crippen MR) is 59.6 cm³/mol. The van der Waals surface area contributed by atoms with Crippen LogP contribution in [0.3, 0.4) is 0 Å². The molecule has 0 spiro atoms. The molecule has 2 nitrogen and oxygen atoms in total. The van der Waals surface area contributed by atoms with Gasteiger partial charge in [-0.2, -0.15) is 0 Å². The SMILES string of the molecule is CC(CN)CN1CCSSCC1. The maximum absolute atomic E-state index is 5.59. The average Bonchev–Trinajstić information content (AvgIpc) is 2.33. The third-order valence-corrected chi connectivity index (χ3v) is 4.40. The van der Waals surface area contributed by atoms with Crippen LogP contribution in [0.5, 0.6) is 0 Å². The van der Waals surface area contributed by atoms with Gasteiger partial charge in [-0.15, -0.1) is 0 Å². The van der Waals surface area contributed by atoms with Gasteiger partial charge >= 0.3 is 0 Å². The van der Waals surface area contributed by atoms with Crippen molar-refractivity contribution < 1.29 is 0 Å². The Morgan fingerprint density at radius 3 is 2.42 bits per heavy atom. The van der Waals surface area contributed by atoms with Crippen molar-refractivity contribution in [1.29, 1.82) is 0 Å². The second-order valence-electron chi connectivity index (χ2n) is 3.29. The van der Waals surface area contributed by atoms with E-state index in [1.165, 1.54) is 31.1 Å². The van der Waals surface area contributed by atoms with Gasteiger partial charge in [-0.25, -0.2) is 0 Å². The molecule has 0 aliphatic carbocycles. The fourth-order valence-corrected chi connectivity index (χ4v) is 3.32. The second kappa shape index (κ2) is 6.13. The molecule has 1 atom stereocenters. The van der Waals surface area contributed by atoms with Crippen LogP contribution in [0.2, 0.25) is 0 Å². The monoisotopic (exact) mass is 206 g/mol. The molecule has 0 aromatic carbocycles. The predicted octanol–water partition coefficient (Wildman–Crippen LogP) is 1.28. The van der Waals surface area contributed by atoms with E-state index in [9.17, 15) is 0 Å². The molecule has 1 aliphatic heterocycles. The molecule has 0 saturated carbocycles. The molecule has 0 amide bonds. The standard InChI is InChI=1S/C8H18N2S2/c1-8(6-9)7-10-2-4-11-12-5-3-10/h8H,2-7,9H2,1H3. The molecule has 1 unspecified atom stereocenters. The van der Waals surface area contributed by atoms with E-state index in [4.69, 9.17) is 5.73 Å². The van der Waals surface area contributed by atoms with Crippen molar-refractivity contribution in [2.75, 3.05) is 37.7 Å². The summed E-state index contributed by atoms with van der Waals surface area (Å²) < 4.78 is 0. The van der Waals surface area contributed by atoms with E-state index < -0.39 is 0 Å². The van der Waals surface area contributed by atoms with Crippen LogP contribution in [0.1, 0.15) is 6.92 Å². The zero-order chi connectivity index (χ0) is 8.81. The van der Waals surface area contributed by atoms with Gasteiger partial charge in [0.25, 0.3) is 0 Å². The van der Waals surface area contributed by atoms with E-state index in [1.54, 1.807) is 0 Å². The largest absolute Gasteiger partial charge is 0.330 e. The van der Waals surface area contributed by atoms with Crippen molar-refractivity contribution in [3.05, 3.63) is 0 Å². The fourth-order valence-electron chi connectivity index (χ4n) is 1.26. The minimum atomic E-state index is 0.651. The highest BCUT2D eigenvalue weighted by Crippen LogP contribution is 2.23. The van der Waals surface area contributed by atoms with Crippen LogP contribution >= 0.6 is 21.6 Å². The highest BCUT2D eigenvalue weighted by atomic mass is 33.1. The molecule has 1 fully saturated rings. The molecule has 0 aromatic heterocycles. The van der Waals surface area contributed by atoms with Crippen molar-refractivity contribution in [1.82, 2.24) is 4.90 Å². The number of hydrogen-bond acceptors (Lipinski definition) is 4. The molecule has 2 N–H and O–H groups in total. The van der Waals surface area contributed by atoms with Crippen LogP contribution in [-0.2, 0) is 0 Å². The molecular formula is C8H18N2S2. The molecule has 4 heteroatoms. The number of nitrogens with zero attached hydrogens (tertiary/aromatic N) is 1. The highest BCUT2D eigenvalue weighted by Gasteiger charge is 2.11. The summed E-state index contributed by atoms with van der Waals surface area (Å²) in [5.74, 6) is 3.18. The van der Waals surface area contributed by atoms with Gasteiger partial charge < -0.3 is 10.6 Å². The minimum Gasteiger partial charge on any atom is -0.330 e. The molecule has 1 rings (SSSR count). The van der Waals surface area contributed by atoms with Crippen molar-refractivity contribution in [2.45, 2.75) is 6.92 Å². The summed E-state index contributed by atoms with van der Waals surface area (Å²) in [6.07, 6.45) is 0. The Balaban J connectivity index is 2.20. The van der Waals surface area contributed by atoms with Crippen molar-refractivity contribution >= 4 is 21.6 Å². The zero-order valence-electron chi connectivity index (χ0n) is 7.66. The lowest BCUT2D eigenvalue weighted by Gasteiger charge is -2.22. The summed E-state index contributed by atoms with van der Waals surface area (Å²) in [5, 5.41) is 0. The first kappa shape index (κ1) is 10.7. The van der Waals surface area contributed by atoms with E-state index in [2.05, 4.69) is 11.8 Å². The Morgan fingerprint density at radius 1 is 1.33 bits per heavy atom. The van der Waals surface area contributed by atoms with Gasteiger partial charge in [0.1, 0.15) is 0 Å². The first-order chi connectivity index (χ1) is 5.83. The third-order valence-electron chi connectivity index (χ3n) is 2.04. The average molecular weight is 206 g/mol. The lowest BCUT2D eigenvalue weighted by molar-refractivity contribution is 0.269. The van der Waals surface area contributed by atoms with E-state index in [-0.39, 0.29) is 0 Å². The van der Waals surface area contributed by atoms with Crippen LogP contribution in [0, 0.1) is 5.92 Å². The van der Waals surface area contributed by atoms with Gasteiger partial charge in [0.2, 0.25) is 0 Å². The van der Waals surface area contributed by atoms with Gasteiger partial charge in [0, 0.05) is 31.1 Å². The van der Waals surface area contributed by atoms with E-state index in [1.807, 2.05) is 21.6 Å². The van der Waals surface area contributed by atoms with Gasteiger partial charge in [-0.1, -0.05) is 28.5 Å². The van der Waals surface area contributed by atoms with Gasteiger partial charge in [-0.05, 0) is 12.5 Å². The summed E-state index contributed by atoms with van der Waals surface area (Å²) in [5.41, 5.74) is 5.59. The lowest BCUT2D eigenvalue weighted by atomic mass is 10.2. The topological polar surface area (TPSA) is 29.3 Å². The molecule has 12 heavy (non-hydrogen) atoms. The van der Waals surface area contributed by atoms with E-state index in [0.29, 0.717) is 5.92 Å². The summed E-state index contributed by atoms with van der Waals surface area (Å²) in [6, 6.07) is 0. The molecule has 1 aliphatic rings. The number of nitrogens with two attached hydrogens (primary N) is 1. The van der Waals surface area contributed by atoms with Crippen LogP contribution in [0.4, 0.5) is 0 Å². The zero-order valence-corrected chi connectivity index (χ0v) is 9.29. The van der Waals surface area contributed by atoms with Gasteiger partial charge in [0.05, 0.1) is 0 Å². The first-order valence-electron chi connectivity index (χ1n) is 4.49. The van der Waals surface area contributed by atoms with Gasteiger partial charge in [-0.3, -0.25) is 0 Å². The number of hydrogen-bond donors (Lipinski definition) is 1. The molecule has 0 radical (unpaired) electrons. The molecule has 0 bridgehead atoms. The molecule has 1 saturated heterocycles. The Kier molecular flexibility index (Phi) is 5.47. The third kappa shape index (κ3) is 4.03. The maximum Gasteiger partial charge on any atom is 0.0165 e. The highest BCUT2D eigenvalue weighted by molar-refractivity contribution is 8.76. The smallest absolute Gasteiger partial charge is 0.0165 e. The lowest BCUT2D eigenvalue weighted by Crippen LogP contribution is -2.33. The molecular weight excluding hydrogens is 188 g/mol. The van der Waals surface area contributed by atoms with Crippen molar-refractivity contribution in [2.24, 2.45) is 11.7 Å². The number of rotatable bonds is 3. The van der Waals surface area contributed by atoms with Crippen LogP contribution < -0.4 is 5.73 Å². The second-order valence-corrected chi connectivity index (χ2v) is 5.99. The summed E-state index contributed by atoms with van der Waals surface area (Å²) in [6.45, 7) is 6.70. The van der Waals surface area contributed by atoms with Crippen LogP contribution in [0.15, 0.2) is 0 Å². The van der Waals surface area contributed by atoms with E-state index in [0.717, 1.165) is 6.54 Å². The van der Waals surface area contributed by atoms with Gasteiger partial charge in [0.15, 0.2) is 0 Å². The van der Waals surface area contributed by atoms with Crippen LogP contribution in [0.25, 0.3) is 0 Å².